The number of halogens is 1. The van der Waals surface area contributed by atoms with Crippen molar-refractivity contribution >= 4 is 32.8 Å². The van der Waals surface area contributed by atoms with Crippen LogP contribution in [0.3, 0.4) is 0 Å². The van der Waals surface area contributed by atoms with E-state index in [1.54, 1.807) is 0 Å². The maximum atomic E-state index is 4.49. The zero-order valence-corrected chi connectivity index (χ0v) is 11.9. The summed E-state index contributed by atoms with van der Waals surface area (Å²) in [5, 5.41) is 4.29. The number of nitrogens with zero attached hydrogens (tertiary/aromatic N) is 2. The van der Waals surface area contributed by atoms with Gasteiger partial charge in [-0.1, -0.05) is 42.8 Å². The van der Waals surface area contributed by atoms with Gasteiger partial charge in [-0.25, -0.2) is 9.97 Å². The number of aromatic nitrogens is 2. The fourth-order valence-corrected chi connectivity index (χ4v) is 1.91. The molecule has 17 heavy (non-hydrogen) atoms. The first-order valence-corrected chi connectivity index (χ1v) is 6.40. The number of nitrogens with one attached hydrogen (secondary N) is 1. The van der Waals surface area contributed by atoms with Gasteiger partial charge in [0.25, 0.3) is 0 Å². The SMILES string of the molecule is CC(C)(C)CNc1ncc2c(Br)cccc2n1. The van der Waals surface area contributed by atoms with E-state index in [2.05, 4.69) is 52.0 Å². The third-order valence-electron chi connectivity index (χ3n) is 2.35. The van der Waals surface area contributed by atoms with E-state index in [1.165, 1.54) is 0 Å². The summed E-state index contributed by atoms with van der Waals surface area (Å²) >= 11 is 3.49. The average Bonchev–Trinajstić information content (AvgIpc) is 2.26. The maximum Gasteiger partial charge on any atom is 0.223 e. The molecule has 0 amide bonds. The van der Waals surface area contributed by atoms with Crippen molar-refractivity contribution in [2.75, 3.05) is 11.9 Å². The van der Waals surface area contributed by atoms with Crippen molar-refractivity contribution in [2.24, 2.45) is 5.41 Å². The zero-order chi connectivity index (χ0) is 12.5. The zero-order valence-electron chi connectivity index (χ0n) is 10.3. The highest BCUT2D eigenvalue weighted by Gasteiger charge is 2.10. The fraction of sp³-hybridized carbons (Fsp3) is 0.385. The highest BCUT2D eigenvalue weighted by Crippen LogP contribution is 2.22. The van der Waals surface area contributed by atoms with Gasteiger partial charge in [0.2, 0.25) is 5.95 Å². The second-order valence-electron chi connectivity index (χ2n) is 5.28. The van der Waals surface area contributed by atoms with E-state index >= 15 is 0 Å². The molecule has 0 aliphatic carbocycles. The lowest BCUT2D eigenvalue weighted by molar-refractivity contribution is 0.442. The maximum absolute atomic E-state index is 4.49. The van der Waals surface area contributed by atoms with Crippen molar-refractivity contribution in [3.05, 3.63) is 28.9 Å². The first-order chi connectivity index (χ1) is 7.96. The van der Waals surface area contributed by atoms with Crippen molar-refractivity contribution in [1.82, 2.24) is 9.97 Å². The summed E-state index contributed by atoms with van der Waals surface area (Å²) in [6.45, 7) is 7.39. The summed E-state index contributed by atoms with van der Waals surface area (Å²) in [4.78, 5) is 8.81. The largest absolute Gasteiger partial charge is 0.354 e. The van der Waals surface area contributed by atoms with E-state index in [1.807, 2.05) is 24.4 Å². The summed E-state index contributed by atoms with van der Waals surface area (Å²) in [7, 11) is 0. The minimum absolute atomic E-state index is 0.218. The normalized spacial score (nSPS) is 11.8. The second-order valence-corrected chi connectivity index (χ2v) is 6.13. The number of hydrogen-bond acceptors (Lipinski definition) is 3. The molecule has 1 N–H and O–H groups in total. The van der Waals surface area contributed by atoms with Gasteiger partial charge in [-0.05, 0) is 17.5 Å². The number of hydrogen-bond donors (Lipinski definition) is 1. The summed E-state index contributed by atoms with van der Waals surface area (Å²) in [6, 6.07) is 5.96. The van der Waals surface area contributed by atoms with Crippen LogP contribution in [0.25, 0.3) is 10.9 Å². The molecule has 0 atom stereocenters. The van der Waals surface area contributed by atoms with Gasteiger partial charge in [-0.2, -0.15) is 0 Å². The minimum Gasteiger partial charge on any atom is -0.354 e. The molecular weight excluding hydrogens is 278 g/mol. The van der Waals surface area contributed by atoms with Gasteiger partial charge in [0.05, 0.1) is 5.52 Å². The van der Waals surface area contributed by atoms with Gasteiger partial charge in [-0.15, -0.1) is 0 Å². The Morgan fingerprint density at radius 3 is 2.76 bits per heavy atom. The topological polar surface area (TPSA) is 37.8 Å². The van der Waals surface area contributed by atoms with Crippen LogP contribution in [0.1, 0.15) is 20.8 Å². The van der Waals surface area contributed by atoms with Crippen LogP contribution >= 0.6 is 15.9 Å². The van der Waals surface area contributed by atoms with Gasteiger partial charge < -0.3 is 5.32 Å². The molecule has 0 radical (unpaired) electrons. The van der Waals surface area contributed by atoms with Crippen LogP contribution in [0.15, 0.2) is 28.9 Å². The smallest absolute Gasteiger partial charge is 0.223 e. The lowest BCUT2D eigenvalue weighted by Gasteiger charge is -2.18. The standard InChI is InChI=1S/C13H16BrN3/c1-13(2,3)8-16-12-15-7-9-10(14)5-4-6-11(9)17-12/h4-7H,8H2,1-3H3,(H,15,16,17). The lowest BCUT2D eigenvalue weighted by Crippen LogP contribution is -2.20. The van der Waals surface area contributed by atoms with Crippen LogP contribution in [-0.2, 0) is 0 Å². The molecule has 1 heterocycles. The van der Waals surface area contributed by atoms with E-state index in [0.29, 0.717) is 5.95 Å². The van der Waals surface area contributed by atoms with Crippen LogP contribution in [0, 0.1) is 5.41 Å². The Bertz CT molecular complexity index is 532. The second kappa shape index (κ2) is 4.61. The fourth-order valence-electron chi connectivity index (χ4n) is 1.45. The molecule has 0 unspecified atom stereocenters. The van der Waals surface area contributed by atoms with Gasteiger partial charge in [-0.3, -0.25) is 0 Å². The van der Waals surface area contributed by atoms with E-state index in [9.17, 15) is 0 Å². The van der Waals surface area contributed by atoms with Crippen LogP contribution in [0.2, 0.25) is 0 Å². The van der Waals surface area contributed by atoms with Crippen LogP contribution < -0.4 is 5.32 Å². The third-order valence-corrected chi connectivity index (χ3v) is 3.04. The molecule has 1 aromatic heterocycles. The van der Waals surface area contributed by atoms with Crippen LogP contribution in [-0.4, -0.2) is 16.5 Å². The van der Waals surface area contributed by atoms with Gasteiger partial charge in [0, 0.05) is 22.6 Å². The molecule has 2 rings (SSSR count). The number of fused-ring (bicyclic) bond motifs is 1. The molecular formula is C13H16BrN3. The summed E-state index contributed by atoms with van der Waals surface area (Å²) < 4.78 is 1.03. The minimum atomic E-state index is 0.218. The van der Waals surface area contributed by atoms with E-state index in [-0.39, 0.29) is 5.41 Å². The van der Waals surface area contributed by atoms with Crippen molar-refractivity contribution in [3.63, 3.8) is 0 Å². The van der Waals surface area contributed by atoms with Gasteiger partial charge in [0.15, 0.2) is 0 Å². The number of rotatable bonds is 2. The molecule has 2 aromatic rings. The predicted molar refractivity (Wildman–Crippen MR) is 75.2 cm³/mol. The molecule has 0 saturated heterocycles. The molecule has 3 nitrogen and oxygen atoms in total. The Morgan fingerprint density at radius 1 is 1.29 bits per heavy atom. The highest BCUT2D eigenvalue weighted by molar-refractivity contribution is 9.10. The Balaban J connectivity index is 2.26. The average molecular weight is 294 g/mol. The molecule has 0 spiro atoms. The molecule has 0 saturated carbocycles. The quantitative estimate of drug-likeness (QED) is 0.914. The van der Waals surface area contributed by atoms with E-state index in [4.69, 9.17) is 0 Å². The Morgan fingerprint density at radius 2 is 2.06 bits per heavy atom. The molecule has 0 aliphatic rings. The number of anilines is 1. The molecule has 0 aliphatic heterocycles. The summed E-state index contributed by atoms with van der Waals surface area (Å²) in [5.74, 6) is 0.686. The lowest BCUT2D eigenvalue weighted by atomic mass is 9.97. The first-order valence-electron chi connectivity index (χ1n) is 5.61. The molecule has 0 fully saturated rings. The highest BCUT2D eigenvalue weighted by atomic mass is 79.9. The van der Waals surface area contributed by atoms with Crippen molar-refractivity contribution in [2.45, 2.75) is 20.8 Å². The van der Waals surface area contributed by atoms with Crippen LogP contribution in [0.5, 0.6) is 0 Å². The Labute approximate surface area is 110 Å². The van der Waals surface area contributed by atoms with Gasteiger partial charge >= 0.3 is 0 Å². The molecule has 0 bridgehead atoms. The van der Waals surface area contributed by atoms with E-state index in [0.717, 1.165) is 21.9 Å². The van der Waals surface area contributed by atoms with Crippen molar-refractivity contribution in [1.29, 1.82) is 0 Å². The summed E-state index contributed by atoms with van der Waals surface area (Å²) in [6.07, 6.45) is 1.84. The monoisotopic (exact) mass is 293 g/mol. The Hall–Kier alpha value is -1.16. The molecule has 1 aromatic carbocycles. The predicted octanol–water partition coefficient (Wildman–Crippen LogP) is 3.85. The first kappa shape index (κ1) is 12.3. The van der Waals surface area contributed by atoms with Crippen LogP contribution in [0.4, 0.5) is 5.95 Å². The molecule has 4 heteroatoms. The molecule has 90 valence electrons. The summed E-state index contributed by atoms with van der Waals surface area (Å²) in [5.41, 5.74) is 1.17. The Kier molecular flexibility index (Phi) is 3.33. The van der Waals surface area contributed by atoms with Crippen molar-refractivity contribution < 1.29 is 0 Å². The van der Waals surface area contributed by atoms with E-state index < -0.39 is 0 Å². The number of benzene rings is 1. The third kappa shape index (κ3) is 3.16. The van der Waals surface area contributed by atoms with Crippen molar-refractivity contribution in [3.8, 4) is 0 Å². The van der Waals surface area contributed by atoms with Gasteiger partial charge in [0.1, 0.15) is 0 Å².